The molecule has 1 aromatic rings. The van der Waals surface area contributed by atoms with Crippen LogP contribution in [0.25, 0.3) is 0 Å². The number of ketones is 1. The first kappa shape index (κ1) is 27.1. The van der Waals surface area contributed by atoms with E-state index in [4.69, 9.17) is 18.6 Å². The van der Waals surface area contributed by atoms with Crippen LogP contribution in [0.5, 0.6) is 0 Å². The summed E-state index contributed by atoms with van der Waals surface area (Å²) in [6.45, 7) is 14.0. The summed E-state index contributed by atoms with van der Waals surface area (Å²) in [6.07, 6.45) is 2.82. The van der Waals surface area contributed by atoms with E-state index in [9.17, 15) is 9.90 Å². The summed E-state index contributed by atoms with van der Waals surface area (Å²) in [5, 5.41) is 10.2. The van der Waals surface area contributed by atoms with Crippen molar-refractivity contribution in [1.82, 2.24) is 0 Å². The van der Waals surface area contributed by atoms with Gasteiger partial charge in [-0.25, -0.2) is 0 Å². The van der Waals surface area contributed by atoms with Crippen LogP contribution >= 0.6 is 0 Å². The van der Waals surface area contributed by atoms with Crippen molar-refractivity contribution in [3.63, 3.8) is 0 Å². The lowest BCUT2D eigenvalue weighted by Crippen LogP contribution is -2.55. The van der Waals surface area contributed by atoms with Gasteiger partial charge in [0.25, 0.3) is 0 Å². The molecule has 190 valence electrons. The highest BCUT2D eigenvalue weighted by Crippen LogP contribution is 2.43. The van der Waals surface area contributed by atoms with Crippen LogP contribution in [0.2, 0.25) is 18.1 Å². The highest BCUT2D eigenvalue weighted by molar-refractivity contribution is 6.74. The fourth-order valence-corrected chi connectivity index (χ4v) is 5.61. The number of benzene rings is 1. The Hall–Kier alpha value is -1.51. The Labute approximate surface area is 205 Å². The Morgan fingerprint density at radius 2 is 1.94 bits per heavy atom. The lowest BCUT2D eigenvalue weighted by Gasteiger charge is -2.48. The smallest absolute Gasteiger partial charge is 0.220 e. The predicted octanol–water partition coefficient (Wildman–Crippen LogP) is 5.50. The minimum Gasteiger partial charge on any atom is -0.466 e. The number of rotatable bonds is 9. The minimum atomic E-state index is -2.04. The quantitative estimate of drug-likeness (QED) is 0.461. The number of hydrogen-bond donors (Lipinski definition) is 1. The van der Waals surface area contributed by atoms with E-state index in [-0.39, 0.29) is 29.5 Å². The Kier molecular flexibility index (Phi) is 8.79. The van der Waals surface area contributed by atoms with Crippen LogP contribution in [0.3, 0.4) is 0 Å². The number of aliphatic hydroxyl groups excluding tert-OH is 1. The number of carbonyl (C=O) groups excluding carboxylic acids is 1. The molecule has 0 aliphatic carbocycles. The van der Waals surface area contributed by atoms with Crippen molar-refractivity contribution in [2.75, 3.05) is 6.61 Å². The molecule has 0 radical (unpaired) electrons. The summed E-state index contributed by atoms with van der Waals surface area (Å²) in [5.41, 5.74) is 1.10. The molecule has 7 heteroatoms. The summed E-state index contributed by atoms with van der Waals surface area (Å²) in [7, 11) is -2.04. The third-order valence-corrected chi connectivity index (χ3v) is 11.7. The lowest BCUT2D eigenvalue weighted by molar-refractivity contribution is -0.288. The first-order valence-corrected chi connectivity index (χ1v) is 15.4. The lowest BCUT2D eigenvalue weighted by atomic mass is 9.92. The van der Waals surface area contributed by atoms with Gasteiger partial charge in [-0.2, -0.15) is 0 Å². The summed E-state index contributed by atoms with van der Waals surface area (Å²) >= 11 is 0. The van der Waals surface area contributed by atoms with E-state index >= 15 is 0 Å². The summed E-state index contributed by atoms with van der Waals surface area (Å²) in [4.78, 5) is 12.7. The Balaban J connectivity index is 1.76. The summed E-state index contributed by atoms with van der Waals surface area (Å²) < 4.78 is 25.6. The fourth-order valence-electron chi connectivity index (χ4n) is 4.25. The number of allylic oxidation sites excluding steroid dienone is 1. The van der Waals surface area contributed by atoms with Gasteiger partial charge in [-0.1, -0.05) is 58.0 Å². The molecule has 2 aliphatic heterocycles. The van der Waals surface area contributed by atoms with Crippen LogP contribution in [-0.4, -0.2) is 49.9 Å². The largest absolute Gasteiger partial charge is 0.466 e. The monoisotopic (exact) mass is 490 g/mol. The molecule has 0 amide bonds. The standard InChI is InChI=1S/C27H42O6Si/c1-7-21(28)13-23-14-22(29)16-27(31-23)17-24(33-34(5,6)26(2,3)4)15-25(32-27)19-30-18-20-11-9-8-10-12-20/h8-12,14,21,24-25,28H,7,13,15-19H2,1-6H3. The van der Waals surface area contributed by atoms with Crippen molar-refractivity contribution in [3.05, 3.63) is 47.7 Å². The van der Waals surface area contributed by atoms with Gasteiger partial charge >= 0.3 is 0 Å². The van der Waals surface area contributed by atoms with Gasteiger partial charge in [0, 0.05) is 25.3 Å². The zero-order chi connectivity index (χ0) is 25.0. The highest BCUT2D eigenvalue weighted by Gasteiger charge is 2.50. The molecule has 1 spiro atoms. The number of ether oxygens (including phenoxy) is 3. The number of carbonyl (C=O) groups is 1. The topological polar surface area (TPSA) is 74.2 Å². The van der Waals surface area contributed by atoms with E-state index < -0.39 is 20.2 Å². The Morgan fingerprint density at radius 3 is 2.59 bits per heavy atom. The molecule has 0 saturated carbocycles. The van der Waals surface area contributed by atoms with E-state index in [1.807, 2.05) is 37.3 Å². The number of hydrogen-bond acceptors (Lipinski definition) is 6. The van der Waals surface area contributed by atoms with Crippen LogP contribution < -0.4 is 0 Å². The van der Waals surface area contributed by atoms with Crippen LogP contribution in [0, 0.1) is 0 Å². The van der Waals surface area contributed by atoms with E-state index in [1.54, 1.807) is 0 Å². The molecular formula is C27H42O6Si. The first-order chi connectivity index (χ1) is 15.9. The molecular weight excluding hydrogens is 448 g/mol. The summed E-state index contributed by atoms with van der Waals surface area (Å²) in [6, 6.07) is 10.0. The molecule has 6 nitrogen and oxygen atoms in total. The fraction of sp³-hybridized carbons (Fsp3) is 0.667. The van der Waals surface area contributed by atoms with Gasteiger partial charge in [-0.05, 0) is 30.1 Å². The van der Waals surface area contributed by atoms with E-state index in [1.165, 1.54) is 6.08 Å². The van der Waals surface area contributed by atoms with E-state index in [2.05, 4.69) is 33.9 Å². The molecule has 34 heavy (non-hydrogen) atoms. The van der Waals surface area contributed by atoms with Crippen molar-refractivity contribution < 1.29 is 28.5 Å². The van der Waals surface area contributed by atoms with Crippen molar-refractivity contribution in [2.45, 2.75) is 109 Å². The van der Waals surface area contributed by atoms with E-state index in [0.29, 0.717) is 44.7 Å². The molecule has 0 aromatic heterocycles. The maximum absolute atomic E-state index is 12.7. The average Bonchev–Trinajstić information content (AvgIpc) is 2.72. The van der Waals surface area contributed by atoms with Crippen LogP contribution in [0.1, 0.15) is 65.4 Å². The van der Waals surface area contributed by atoms with Gasteiger partial charge in [-0.3, -0.25) is 4.79 Å². The highest BCUT2D eigenvalue weighted by atomic mass is 28.4. The molecule has 1 aromatic carbocycles. The molecule has 4 unspecified atom stereocenters. The van der Waals surface area contributed by atoms with Crippen LogP contribution in [0.4, 0.5) is 0 Å². The maximum atomic E-state index is 12.7. The zero-order valence-electron chi connectivity index (χ0n) is 21.6. The third kappa shape index (κ3) is 7.25. The minimum absolute atomic E-state index is 0.0403. The van der Waals surface area contributed by atoms with Gasteiger partial charge in [0.2, 0.25) is 5.79 Å². The Morgan fingerprint density at radius 1 is 1.24 bits per heavy atom. The molecule has 0 bridgehead atoms. The summed E-state index contributed by atoms with van der Waals surface area (Å²) in [5.74, 6) is -0.634. The van der Waals surface area contributed by atoms with Crippen LogP contribution in [-0.2, 0) is 30.0 Å². The average molecular weight is 491 g/mol. The molecule has 2 aliphatic rings. The third-order valence-electron chi connectivity index (χ3n) is 7.12. The van der Waals surface area contributed by atoms with Gasteiger partial charge in [0.05, 0.1) is 37.9 Å². The normalized spacial score (nSPS) is 26.8. The molecule has 3 rings (SSSR count). The second kappa shape index (κ2) is 11.0. The molecule has 2 heterocycles. The van der Waals surface area contributed by atoms with Gasteiger partial charge < -0.3 is 23.7 Å². The zero-order valence-corrected chi connectivity index (χ0v) is 22.6. The van der Waals surface area contributed by atoms with Gasteiger partial charge in [-0.15, -0.1) is 0 Å². The van der Waals surface area contributed by atoms with Crippen LogP contribution in [0.15, 0.2) is 42.2 Å². The maximum Gasteiger partial charge on any atom is 0.220 e. The molecule has 1 N–H and O–H groups in total. The molecule has 1 saturated heterocycles. The molecule has 1 fully saturated rings. The van der Waals surface area contributed by atoms with Crippen molar-refractivity contribution in [1.29, 1.82) is 0 Å². The SMILES string of the molecule is CCC(O)CC1=CC(=O)CC2(CC(O[Si](C)(C)C(C)(C)C)CC(COCc3ccccc3)O2)O1. The predicted molar refractivity (Wildman–Crippen MR) is 135 cm³/mol. The van der Waals surface area contributed by atoms with Gasteiger partial charge in [0.15, 0.2) is 14.1 Å². The van der Waals surface area contributed by atoms with Crippen molar-refractivity contribution >= 4 is 14.1 Å². The number of aliphatic hydroxyl groups is 1. The van der Waals surface area contributed by atoms with E-state index in [0.717, 1.165) is 5.56 Å². The van der Waals surface area contributed by atoms with Crippen molar-refractivity contribution in [2.24, 2.45) is 0 Å². The molecule has 4 atom stereocenters. The first-order valence-electron chi connectivity index (χ1n) is 12.5. The second-order valence-corrected chi connectivity index (χ2v) is 16.0. The Bertz CT molecular complexity index is 846. The second-order valence-electron chi connectivity index (χ2n) is 11.2. The van der Waals surface area contributed by atoms with Crippen molar-refractivity contribution in [3.8, 4) is 0 Å². The van der Waals surface area contributed by atoms with Gasteiger partial charge in [0.1, 0.15) is 5.76 Å².